The quantitative estimate of drug-likeness (QED) is 0.523. The van der Waals surface area contributed by atoms with Crippen LogP contribution in [0.2, 0.25) is 0 Å². The van der Waals surface area contributed by atoms with Gasteiger partial charge in [0.05, 0.1) is 11.3 Å². The summed E-state index contributed by atoms with van der Waals surface area (Å²) in [6.45, 7) is 10.5. The van der Waals surface area contributed by atoms with Gasteiger partial charge in [-0.1, -0.05) is 24.3 Å². The summed E-state index contributed by atoms with van der Waals surface area (Å²) in [4.78, 5) is 17.4. The van der Waals surface area contributed by atoms with Crippen LogP contribution in [-0.4, -0.2) is 25.2 Å². The van der Waals surface area contributed by atoms with Gasteiger partial charge in [-0.25, -0.2) is 9.67 Å². The van der Waals surface area contributed by atoms with Crippen molar-refractivity contribution >= 4 is 5.91 Å². The standard InChI is InChI=1S/C25H27N5O/c1-16-8-6-7-9-23(16)29-18(3)13-22(20(29)5)25(31)27-15-21-10-11-24(26-14-21)30-19(4)12-17(2)28-30/h6-14H,15H2,1-5H3,(H,27,31). The van der Waals surface area contributed by atoms with Crippen LogP contribution in [0.3, 0.4) is 0 Å². The van der Waals surface area contributed by atoms with Gasteiger partial charge in [0.25, 0.3) is 5.91 Å². The van der Waals surface area contributed by atoms with Gasteiger partial charge in [-0.2, -0.15) is 5.10 Å². The molecule has 6 heteroatoms. The molecule has 1 aromatic carbocycles. The number of pyridine rings is 1. The van der Waals surface area contributed by atoms with E-state index in [4.69, 9.17) is 0 Å². The lowest BCUT2D eigenvalue weighted by Gasteiger charge is -2.13. The molecule has 0 aliphatic carbocycles. The second kappa shape index (κ2) is 8.22. The Hall–Kier alpha value is -3.67. The van der Waals surface area contributed by atoms with Gasteiger partial charge in [-0.15, -0.1) is 0 Å². The highest BCUT2D eigenvalue weighted by Crippen LogP contribution is 2.23. The van der Waals surface area contributed by atoms with Gasteiger partial charge < -0.3 is 9.88 Å². The number of amides is 1. The van der Waals surface area contributed by atoms with Crippen LogP contribution >= 0.6 is 0 Å². The van der Waals surface area contributed by atoms with Crippen molar-refractivity contribution in [2.45, 2.75) is 41.2 Å². The van der Waals surface area contributed by atoms with Gasteiger partial charge in [-0.3, -0.25) is 4.79 Å². The van der Waals surface area contributed by atoms with E-state index in [9.17, 15) is 4.79 Å². The van der Waals surface area contributed by atoms with Crippen LogP contribution < -0.4 is 5.32 Å². The van der Waals surface area contributed by atoms with Crippen molar-refractivity contribution in [1.29, 1.82) is 0 Å². The van der Waals surface area contributed by atoms with Crippen LogP contribution in [0.15, 0.2) is 54.7 Å². The number of carbonyl (C=O) groups is 1. The first-order chi connectivity index (χ1) is 14.8. The summed E-state index contributed by atoms with van der Waals surface area (Å²) in [5, 5.41) is 7.48. The molecule has 0 atom stereocenters. The summed E-state index contributed by atoms with van der Waals surface area (Å²) in [5.74, 6) is 0.679. The zero-order valence-corrected chi connectivity index (χ0v) is 18.6. The Bertz CT molecular complexity index is 1250. The number of benzene rings is 1. The van der Waals surface area contributed by atoms with E-state index in [1.807, 2.05) is 68.8 Å². The van der Waals surface area contributed by atoms with Crippen molar-refractivity contribution in [1.82, 2.24) is 24.6 Å². The lowest BCUT2D eigenvalue weighted by molar-refractivity contribution is 0.0950. The highest BCUT2D eigenvalue weighted by Gasteiger charge is 2.17. The van der Waals surface area contributed by atoms with Gasteiger partial charge in [0.2, 0.25) is 0 Å². The van der Waals surface area contributed by atoms with Gasteiger partial charge in [-0.05, 0) is 70.0 Å². The second-order valence-corrected chi connectivity index (χ2v) is 7.95. The average Bonchev–Trinajstić information content (AvgIpc) is 3.24. The number of carbonyl (C=O) groups excluding carboxylic acids is 1. The van der Waals surface area contributed by atoms with Crippen LogP contribution in [0.1, 0.15) is 44.3 Å². The third-order valence-corrected chi connectivity index (χ3v) is 5.52. The van der Waals surface area contributed by atoms with E-state index < -0.39 is 0 Å². The number of nitrogens with one attached hydrogen (secondary N) is 1. The summed E-state index contributed by atoms with van der Waals surface area (Å²) in [5.41, 5.74) is 7.86. The van der Waals surface area contributed by atoms with Crippen LogP contribution in [0.4, 0.5) is 0 Å². The van der Waals surface area contributed by atoms with E-state index in [1.54, 1.807) is 6.20 Å². The monoisotopic (exact) mass is 413 g/mol. The lowest BCUT2D eigenvalue weighted by Crippen LogP contribution is -2.23. The summed E-state index contributed by atoms with van der Waals surface area (Å²) in [6, 6.07) is 16.0. The zero-order chi connectivity index (χ0) is 22.1. The SMILES string of the molecule is Cc1cc(C)n(-c2ccc(CNC(=O)c3cc(C)n(-c4ccccc4C)c3C)cn2)n1. The first-order valence-electron chi connectivity index (χ1n) is 10.4. The molecule has 4 aromatic rings. The molecule has 0 spiro atoms. The highest BCUT2D eigenvalue weighted by molar-refractivity contribution is 5.95. The minimum Gasteiger partial charge on any atom is -0.348 e. The predicted molar refractivity (Wildman–Crippen MR) is 122 cm³/mol. The van der Waals surface area contributed by atoms with Crippen molar-refractivity contribution in [2.75, 3.05) is 0 Å². The van der Waals surface area contributed by atoms with E-state index in [2.05, 4.69) is 39.0 Å². The van der Waals surface area contributed by atoms with Crippen LogP contribution in [-0.2, 0) is 6.54 Å². The molecule has 4 rings (SSSR count). The molecule has 31 heavy (non-hydrogen) atoms. The van der Waals surface area contributed by atoms with Crippen molar-refractivity contribution < 1.29 is 4.79 Å². The fraction of sp³-hybridized carbons (Fsp3) is 0.240. The molecule has 0 saturated carbocycles. The van der Waals surface area contributed by atoms with Crippen molar-refractivity contribution in [3.63, 3.8) is 0 Å². The van der Waals surface area contributed by atoms with Crippen LogP contribution in [0, 0.1) is 34.6 Å². The number of nitrogens with zero attached hydrogens (tertiary/aromatic N) is 4. The zero-order valence-electron chi connectivity index (χ0n) is 18.6. The number of hydrogen-bond donors (Lipinski definition) is 1. The number of rotatable bonds is 5. The number of para-hydroxylation sites is 1. The largest absolute Gasteiger partial charge is 0.348 e. The molecule has 1 amide bonds. The Labute approximate surface area is 182 Å². The third-order valence-electron chi connectivity index (χ3n) is 5.52. The van der Waals surface area contributed by atoms with Gasteiger partial charge in [0.1, 0.15) is 0 Å². The second-order valence-electron chi connectivity index (χ2n) is 7.95. The maximum absolute atomic E-state index is 12.9. The molecular weight excluding hydrogens is 386 g/mol. The van der Waals surface area contributed by atoms with E-state index >= 15 is 0 Å². The molecule has 158 valence electrons. The smallest absolute Gasteiger partial charge is 0.253 e. The molecule has 0 aliphatic heterocycles. The first kappa shape index (κ1) is 20.6. The summed E-state index contributed by atoms with van der Waals surface area (Å²) >= 11 is 0. The van der Waals surface area contributed by atoms with E-state index in [0.717, 1.165) is 39.8 Å². The van der Waals surface area contributed by atoms with E-state index in [0.29, 0.717) is 12.1 Å². The van der Waals surface area contributed by atoms with E-state index in [-0.39, 0.29) is 5.91 Å². The molecule has 0 radical (unpaired) electrons. The molecule has 0 unspecified atom stereocenters. The fourth-order valence-corrected chi connectivity index (χ4v) is 3.96. The topological polar surface area (TPSA) is 64.7 Å². The number of aryl methyl sites for hydroxylation is 4. The minimum absolute atomic E-state index is 0.0874. The molecule has 1 N–H and O–H groups in total. The highest BCUT2D eigenvalue weighted by atomic mass is 16.1. The molecule has 6 nitrogen and oxygen atoms in total. The predicted octanol–water partition coefficient (Wildman–Crippen LogP) is 4.53. The Morgan fingerprint density at radius 1 is 0.968 bits per heavy atom. The Morgan fingerprint density at radius 3 is 2.39 bits per heavy atom. The van der Waals surface area contributed by atoms with Gasteiger partial charge in [0, 0.05) is 35.5 Å². The van der Waals surface area contributed by atoms with E-state index in [1.165, 1.54) is 5.56 Å². The molecule has 0 fully saturated rings. The Balaban J connectivity index is 1.49. The summed E-state index contributed by atoms with van der Waals surface area (Å²) < 4.78 is 3.95. The van der Waals surface area contributed by atoms with Crippen LogP contribution in [0.25, 0.3) is 11.5 Å². The molecule has 3 heterocycles. The Morgan fingerprint density at radius 2 is 1.74 bits per heavy atom. The number of hydrogen-bond acceptors (Lipinski definition) is 3. The molecule has 0 saturated heterocycles. The normalized spacial score (nSPS) is 11.0. The summed E-state index contributed by atoms with van der Waals surface area (Å²) in [7, 11) is 0. The van der Waals surface area contributed by atoms with Gasteiger partial charge in [0.15, 0.2) is 5.82 Å². The molecule has 3 aromatic heterocycles. The first-order valence-corrected chi connectivity index (χ1v) is 10.4. The maximum Gasteiger partial charge on any atom is 0.253 e. The lowest BCUT2D eigenvalue weighted by atomic mass is 10.2. The molecule has 0 bridgehead atoms. The van der Waals surface area contributed by atoms with Gasteiger partial charge >= 0.3 is 0 Å². The maximum atomic E-state index is 12.9. The third kappa shape index (κ3) is 4.01. The van der Waals surface area contributed by atoms with Crippen molar-refractivity contribution in [3.05, 3.63) is 94.2 Å². The fourth-order valence-electron chi connectivity index (χ4n) is 3.96. The molecule has 0 aliphatic rings. The van der Waals surface area contributed by atoms with Crippen LogP contribution in [0.5, 0.6) is 0 Å². The van der Waals surface area contributed by atoms with Crippen molar-refractivity contribution in [2.24, 2.45) is 0 Å². The molecular formula is C25H27N5O. The van der Waals surface area contributed by atoms with Crippen molar-refractivity contribution in [3.8, 4) is 11.5 Å². The Kier molecular flexibility index (Phi) is 5.46. The number of aromatic nitrogens is 4. The average molecular weight is 414 g/mol. The summed E-state index contributed by atoms with van der Waals surface area (Å²) in [6.07, 6.45) is 1.78. The minimum atomic E-state index is -0.0874.